The van der Waals surface area contributed by atoms with Gasteiger partial charge in [0.15, 0.2) is 6.10 Å². The van der Waals surface area contributed by atoms with Gasteiger partial charge in [0.25, 0.3) is 5.91 Å². The number of aryl methyl sites for hydroxylation is 1. The quantitative estimate of drug-likeness (QED) is 0.821. The van der Waals surface area contributed by atoms with Crippen LogP contribution < -0.4 is 10.1 Å². The predicted molar refractivity (Wildman–Crippen MR) is 81.3 cm³/mol. The van der Waals surface area contributed by atoms with Gasteiger partial charge in [-0.25, -0.2) is 4.79 Å². The Kier molecular flexibility index (Phi) is 4.88. The van der Waals surface area contributed by atoms with Gasteiger partial charge in [0.05, 0.1) is 4.47 Å². The molecule has 2 rings (SSSR count). The van der Waals surface area contributed by atoms with Gasteiger partial charge in [0, 0.05) is 0 Å². The Balaban J connectivity index is 1.97. The number of nitrogens with one attached hydrogen (secondary N) is 1. The van der Waals surface area contributed by atoms with Crippen molar-refractivity contribution in [3.63, 3.8) is 0 Å². The molecule has 2 unspecified atom stereocenters. The zero-order valence-electron chi connectivity index (χ0n) is 11.9. The van der Waals surface area contributed by atoms with Crippen molar-refractivity contribution in [2.24, 2.45) is 5.92 Å². The second-order valence-corrected chi connectivity index (χ2v) is 6.21. The second-order valence-electron chi connectivity index (χ2n) is 5.36. The van der Waals surface area contributed by atoms with Gasteiger partial charge in [0.2, 0.25) is 0 Å². The summed E-state index contributed by atoms with van der Waals surface area (Å²) in [6.45, 7) is 3.56. The summed E-state index contributed by atoms with van der Waals surface area (Å²) in [6.07, 6.45) is 0.927. The number of carbonyl (C=O) groups excluding carboxylic acids is 1. The first-order valence-corrected chi connectivity index (χ1v) is 7.63. The summed E-state index contributed by atoms with van der Waals surface area (Å²) in [7, 11) is 0. The van der Waals surface area contributed by atoms with Gasteiger partial charge in [-0.3, -0.25) is 4.79 Å². The van der Waals surface area contributed by atoms with Crippen LogP contribution in [0.4, 0.5) is 0 Å². The second kappa shape index (κ2) is 6.47. The van der Waals surface area contributed by atoms with Crippen LogP contribution in [-0.2, 0) is 9.59 Å². The number of halogens is 1. The summed E-state index contributed by atoms with van der Waals surface area (Å²) in [5.41, 5.74) is 1.08. The Morgan fingerprint density at radius 3 is 2.62 bits per heavy atom. The summed E-state index contributed by atoms with van der Waals surface area (Å²) in [6, 6.07) is 4.74. The van der Waals surface area contributed by atoms with Gasteiger partial charge < -0.3 is 15.2 Å². The molecular weight excluding hydrogens is 338 g/mol. The maximum absolute atomic E-state index is 12.1. The number of ether oxygens (including phenoxy) is 1. The number of carboxylic acids is 1. The lowest BCUT2D eigenvalue weighted by Gasteiger charge is -2.19. The molecular formula is C15H18BrNO4. The third-order valence-corrected chi connectivity index (χ3v) is 4.04. The molecule has 6 heteroatoms. The number of aliphatic carboxylic acids is 1. The monoisotopic (exact) mass is 355 g/mol. The molecule has 0 aromatic heterocycles. The van der Waals surface area contributed by atoms with E-state index in [0.717, 1.165) is 22.9 Å². The Morgan fingerprint density at radius 2 is 2.10 bits per heavy atom. The average molecular weight is 356 g/mol. The number of amides is 1. The fourth-order valence-electron chi connectivity index (χ4n) is 2.03. The highest BCUT2D eigenvalue weighted by Gasteiger charge is 2.38. The predicted octanol–water partition coefficient (Wildman–Crippen LogP) is 2.50. The van der Waals surface area contributed by atoms with E-state index in [4.69, 9.17) is 9.84 Å². The molecule has 5 nitrogen and oxygen atoms in total. The molecule has 1 aromatic carbocycles. The molecule has 0 radical (unpaired) electrons. The Labute approximate surface area is 131 Å². The van der Waals surface area contributed by atoms with E-state index in [9.17, 15) is 9.59 Å². The van der Waals surface area contributed by atoms with Crippen molar-refractivity contribution in [3.05, 3.63) is 28.2 Å². The molecule has 114 valence electrons. The van der Waals surface area contributed by atoms with Crippen LogP contribution in [0.15, 0.2) is 22.7 Å². The molecule has 21 heavy (non-hydrogen) atoms. The fourth-order valence-corrected chi connectivity index (χ4v) is 2.61. The van der Waals surface area contributed by atoms with Crippen LogP contribution in [0.5, 0.6) is 5.75 Å². The van der Waals surface area contributed by atoms with Gasteiger partial charge >= 0.3 is 5.97 Å². The van der Waals surface area contributed by atoms with Crippen molar-refractivity contribution in [2.75, 3.05) is 0 Å². The molecule has 0 aliphatic heterocycles. The first kappa shape index (κ1) is 15.8. The molecule has 0 heterocycles. The van der Waals surface area contributed by atoms with Crippen molar-refractivity contribution in [1.29, 1.82) is 0 Å². The Morgan fingerprint density at radius 1 is 1.43 bits per heavy atom. The fraction of sp³-hybridized carbons (Fsp3) is 0.467. The molecule has 1 saturated carbocycles. The van der Waals surface area contributed by atoms with Crippen molar-refractivity contribution in [3.8, 4) is 5.75 Å². The van der Waals surface area contributed by atoms with Crippen LogP contribution in [0.2, 0.25) is 0 Å². The van der Waals surface area contributed by atoms with Gasteiger partial charge in [-0.15, -0.1) is 0 Å². The normalized spacial score (nSPS) is 16.9. The maximum atomic E-state index is 12.1. The van der Waals surface area contributed by atoms with Gasteiger partial charge in [0.1, 0.15) is 11.8 Å². The number of benzene rings is 1. The van der Waals surface area contributed by atoms with Crippen LogP contribution in [-0.4, -0.2) is 29.1 Å². The van der Waals surface area contributed by atoms with Crippen molar-refractivity contribution >= 4 is 27.8 Å². The summed E-state index contributed by atoms with van der Waals surface area (Å²) < 4.78 is 6.35. The van der Waals surface area contributed by atoms with E-state index in [1.54, 1.807) is 13.0 Å². The number of carbonyl (C=O) groups is 2. The SMILES string of the molecule is Cc1ccc(OC(C)C(=O)NC(C(=O)O)C2CC2)c(Br)c1. The molecule has 1 aromatic rings. The minimum atomic E-state index is -0.991. The lowest BCUT2D eigenvalue weighted by molar-refractivity contribution is -0.143. The van der Waals surface area contributed by atoms with E-state index in [1.807, 2.05) is 19.1 Å². The van der Waals surface area contributed by atoms with Crippen molar-refractivity contribution in [1.82, 2.24) is 5.32 Å². The lowest BCUT2D eigenvalue weighted by atomic mass is 10.2. The first-order chi connectivity index (χ1) is 9.88. The smallest absolute Gasteiger partial charge is 0.326 e. The van der Waals surface area contributed by atoms with E-state index in [0.29, 0.717) is 5.75 Å². The standard InChI is InChI=1S/C15H18BrNO4/c1-8-3-6-12(11(16)7-8)21-9(2)14(18)17-13(15(19)20)10-4-5-10/h3,6-7,9-10,13H,4-5H2,1-2H3,(H,17,18)(H,19,20). The van der Waals surface area contributed by atoms with Crippen LogP contribution in [0.25, 0.3) is 0 Å². The minimum absolute atomic E-state index is 0.0461. The zero-order valence-corrected chi connectivity index (χ0v) is 13.5. The first-order valence-electron chi connectivity index (χ1n) is 6.84. The summed E-state index contributed by atoms with van der Waals surface area (Å²) >= 11 is 3.38. The molecule has 0 spiro atoms. The van der Waals surface area contributed by atoms with Gasteiger partial charge in [-0.05, 0) is 66.2 Å². The molecule has 0 saturated heterocycles. The number of hydrogen-bond donors (Lipinski definition) is 2. The molecule has 1 fully saturated rings. The topological polar surface area (TPSA) is 75.6 Å². The average Bonchev–Trinajstić information content (AvgIpc) is 3.22. The molecule has 1 amide bonds. The van der Waals surface area contributed by atoms with Gasteiger partial charge in [-0.2, -0.15) is 0 Å². The number of hydrogen-bond acceptors (Lipinski definition) is 3. The van der Waals surface area contributed by atoms with Crippen molar-refractivity contribution in [2.45, 2.75) is 38.8 Å². The van der Waals surface area contributed by atoms with Crippen molar-refractivity contribution < 1.29 is 19.4 Å². The van der Waals surface area contributed by atoms with Crippen LogP contribution >= 0.6 is 15.9 Å². The summed E-state index contributed by atoms with van der Waals surface area (Å²) in [5.74, 6) is -0.803. The number of rotatable bonds is 6. The van der Waals surface area contributed by atoms with Crippen LogP contribution in [0, 0.1) is 12.8 Å². The molecule has 2 N–H and O–H groups in total. The third-order valence-electron chi connectivity index (χ3n) is 3.42. The van der Waals surface area contributed by atoms with Crippen LogP contribution in [0.3, 0.4) is 0 Å². The molecule has 2 atom stereocenters. The van der Waals surface area contributed by atoms with Gasteiger partial charge in [-0.1, -0.05) is 6.07 Å². The highest BCUT2D eigenvalue weighted by molar-refractivity contribution is 9.10. The van der Waals surface area contributed by atoms with E-state index in [1.165, 1.54) is 0 Å². The minimum Gasteiger partial charge on any atom is -0.480 e. The Hall–Kier alpha value is -1.56. The van der Waals surface area contributed by atoms with E-state index < -0.39 is 24.0 Å². The lowest BCUT2D eigenvalue weighted by Crippen LogP contribution is -2.47. The highest BCUT2D eigenvalue weighted by atomic mass is 79.9. The third kappa shape index (κ3) is 4.20. The molecule has 0 bridgehead atoms. The summed E-state index contributed by atoms with van der Waals surface area (Å²) in [4.78, 5) is 23.2. The molecule has 1 aliphatic carbocycles. The van der Waals surface area contributed by atoms with E-state index in [2.05, 4.69) is 21.2 Å². The largest absolute Gasteiger partial charge is 0.480 e. The van der Waals surface area contributed by atoms with Crippen LogP contribution in [0.1, 0.15) is 25.3 Å². The maximum Gasteiger partial charge on any atom is 0.326 e. The Bertz CT molecular complexity index is 557. The van der Waals surface area contributed by atoms with E-state index in [-0.39, 0.29) is 5.92 Å². The highest BCUT2D eigenvalue weighted by Crippen LogP contribution is 2.33. The summed E-state index contributed by atoms with van der Waals surface area (Å²) in [5, 5.41) is 11.7. The molecule has 1 aliphatic rings. The zero-order chi connectivity index (χ0) is 15.6. The number of carboxylic acid groups (broad SMARTS) is 1. The van der Waals surface area contributed by atoms with E-state index >= 15 is 0 Å².